The molecule has 3 nitrogen and oxygen atoms in total. The van der Waals surface area contributed by atoms with E-state index in [0.29, 0.717) is 12.0 Å². The monoisotopic (exact) mass is 269 g/mol. The molecule has 1 saturated heterocycles. The summed E-state index contributed by atoms with van der Waals surface area (Å²) in [4.78, 5) is 2.84. The smallest absolute Gasteiger partial charge is 0.0957 e. The summed E-state index contributed by atoms with van der Waals surface area (Å²) >= 11 is 1.90. The summed E-state index contributed by atoms with van der Waals surface area (Å²) in [7, 11) is 1.74. The maximum Gasteiger partial charge on any atom is 0.0957 e. The first-order valence-corrected chi connectivity index (χ1v) is 7.56. The maximum atomic E-state index is 5.91. The molecule has 1 aromatic rings. The lowest BCUT2D eigenvalue weighted by Crippen LogP contribution is -2.27. The van der Waals surface area contributed by atoms with Gasteiger partial charge in [0.15, 0.2) is 0 Å². The lowest BCUT2D eigenvalue weighted by Gasteiger charge is -2.17. The second kappa shape index (κ2) is 7.24. The first-order chi connectivity index (χ1) is 8.85. The first-order valence-electron chi connectivity index (χ1n) is 6.75. The Hall–Kier alpha value is -0.420. The molecule has 1 aliphatic heterocycles. The third-order valence-electron chi connectivity index (χ3n) is 3.42. The minimum Gasteiger partial charge on any atom is -0.383 e. The van der Waals surface area contributed by atoms with E-state index in [9.17, 15) is 0 Å². The Labute approximate surface area is 113 Å². The van der Waals surface area contributed by atoms with Crippen LogP contribution in [0.1, 0.15) is 29.2 Å². The Morgan fingerprint density at radius 3 is 3.11 bits per heavy atom. The lowest BCUT2D eigenvalue weighted by atomic mass is 10.0. The van der Waals surface area contributed by atoms with Gasteiger partial charge in [0.1, 0.15) is 0 Å². The Balaban J connectivity index is 1.86. The zero-order valence-corrected chi connectivity index (χ0v) is 12.1. The van der Waals surface area contributed by atoms with Gasteiger partial charge in [-0.1, -0.05) is 6.92 Å². The molecule has 0 saturated carbocycles. The third-order valence-corrected chi connectivity index (χ3v) is 4.71. The Morgan fingerprint density at radius 2 is 2.39 bits per heavy atom. The van der Waals surface area contributed by atoms with Crippen LogP contribution < -0.4 is 5.32 Å². The van der Waals surface area contributed by atoms with Gasteiger partial charge in [0.2, 0.25) is 0 Å². The van der Waals surface area contributed by atoms with Crippen molar-refractivity contribution in [2.75, 3.05) is 33.4 Å². The number of hydrogen-bond acceptors (Lipinski definition) is 4. The molecule has 4 heteroatoms. The highest BCUT2D eigenvalue weighted by atomic mass is 32.1. The Bertz CT molecular complexity index is 353. The summed E-state index contributed by atoms with van der Waals surface area (Å²) in [5.41, 5.74) is 0. The number of methoxy groups -OCH3 is 1. The van der Waals surface area contributed by atoms with Crippen molar-refractivity contribution in [2.45, 2.75) is 25.9 Å². The Morgan fingerprint density at radius 1 is 1.50 bits per heavy atom. The molecule has 0 aromatic carbocycles. The topological polar surface area (TPSA) is 30.5 Å². The highest BCUT2D eigenvalue weighted by Crippen LogP contribution is 2.37. The van der Waals surface area contributed by atoms with Gasteiger partial charge in [-0.25, -0.2) is 0 Å². The van der Waals surface area contributed by atoms with Gasteiger partial charge in [-0.3, -0.25) is 0 Å². The van der Waals surface area contributed by atoms with Crippen LogP contribution in [0.2, 0.25) is 0 Å². The number of hydrogen-bond donors (Lipinski definition) is 1. The molecule has 1 aromatic heterocycles. The number of rotatable bonds is 7. The van der Waals surface area contributed by atoms with E-state index in [1.165, 1.54) is 9.75 Å². The van der Waals surface area contributed by atoms with Crippen molar-refractivity contribution in [3.63, 3.8) is 0 Å². The van der Waals surface area contributed by atoms with Crippen LogP contribution in [-0.2, 0) is 15.9 Å². The van der Waals surface area contributed by atoms with Crippen LogP contribution in [0.3, 0.4) is 0 Å². The van der Waals surface area contributed by atoms with Crippen molar-refractivity contribution in [1.82, 2.24) is 5.32 Å². The second-order valence-corrected chi connectivity index (χ2v) is 5.89. The fourth-order valence-corrected chi connectivity index (χ4v) is 3.45. The molecule has 2 unspecified atom stereocenters. The highest BCUT2D eigenvalue weighted by Gasteiger charge is 2.30. The number of nitrogens with one attached hydrogen (secondary N) is 1. The quantitative estimate of drug-likeness (QED) is 0.772. The van der Waals surface area contributed by atoms with Crippen LogP contribution in [-0.4, -0.2) is 33.4 Å². The van der Waals surface area contributed by atoms with Crippen molar-refractivity contribution in [1.29, 1.82) is 0 Å². The van der Waals surface area contributed by atoms with Crippen LogP contribution in [0.5, 0.6) is 0 Å². The van der Waals surface area contributed by atoms with Crippen molar-refractivity contribution in [3.8, 4) is 0 Å². The van der Waals surface area contributed by atoms with E-state index in [0.717, 1.165) is 39.1 Å². The van der Waals surface area contributed by atoms with Crippen molar-refractivity contribution >= 4 is 11.3 Å². The minimum absolute atomic E-state index is 0.297. The number of aryl methyl sites for hydroxylation is 1. The molecule has 18 heavy (non-hydrogen) atoms. The zero-order chi connectivity index (χ0) is 12.8. The van der Waals surface area contributed by atoms with E-state index < -0.39 is 0 Å². The van der Waals surface area contributed by atoms with E-state index in [1.807, 2.05) is 11.3 Å². The lowest BCUT2D eigenvalue weighted by molar-refractivity contribution is 0.0927. The predicted octanol–water partition coefficient (Wildman–Crippen LogP) is 2.62. The van der Waals surface area contributed by atoms with E-state index in [4.69, 9.17) is 9.47 Å². The van der Waals surface area contributed by atoms with Crippen LogP contribution in [0.15, 0.2) is 12.1 Å². The summed E-state index contributed by atoms with van der Waals surface area (Å²) in [5, 5.41) is 3.45. The van der Waals surface area contributed by atoms with Gasteiger partial charge >= 0.3 is 0 Å². The van der Waals surface area contributed by atoms with Crippen LogP contribution in [0.25, 0.3) is 0 Å². The summed E-state index contributed by atoms with van der Waals surface area (Å²) in [5.74, 6) is 0.602. The van der Waals surface area contributed by atoms with Crippen molar-refractivity contribution in [3.05, 3.63) is 21.9 Å². The molecule has 2 rings (SSSR count). The average Bonchev–Trinajstić information content (AvgIpc) is 3.02. The van der Waals surface area contributed by atoms with E-state index >= 15 is 0 Å². The molecule has 0 bridgehead atoms. The normalized spacial score (nSPS) is 23.7. The van der Waals surface area contributed by atoms with Crippen LogP contribution in [0.4, 0.5) is 0 Å². The van der Waals surface area contributed by atoms with Gasteiger partial charge < -0.3 is 14.8 Å². The zero-order valence-electron chi connectivity index (χ0n) is 11.3. The minimum atomic E-state index is 0.297. The van der Waals surface area contributed by atoms with Gasteiger partial charge in [0.25, 0.3) is 0 Å². The summed E-state index contributed by atoms with van der Waals surface area (Å²) in [6, 6.07) is 4.47. The molecule has 2 atom stereocenters. The van der Waals surface area contributed by atoms with Crippen molar-refractivity contribution in [2.24, 2.45) is 5.92 Å². The number of thiophene rings is 1. The highest BCUT2D eigenvalue weighted by molar-refractivity contribution is 7.12. The van der Waals surface area contributed by atoms with Crippen molar-refractivity contribution < 1.29 is 9.47 Å². The van der Waals surface area contributed by atoms with E-state index in [-0.39, 0.29) is 0 Å². The third kappa shape index (κ3) is 3.54. The fourth-order valence-electron chi connectivity index (χ4n) is 2.36. The van der Waals surface area contributed by atoms with Gasteiger partial charge in [-0.2, -0.15) is 0 Å². The largest absolute Gasteiger partial charge is 0.383 e. The van der Waals surface area contributed by atoms with E-state index in [1.54, 1.807) is 7.11 Å². The summed E-state index contributed by atoms with van der Waals surface area (Å²) < 4.78 is 10.9. The van der Waals surface area contributed by atoms with Gasteiger partial charge in [0, 0.05) is 42.5 Å². The summed E-state index contributed by atoms with van der Waals surface area (Å²) in [6.07, 6.45) is 2.57. The molecular weight excluding hydrogens is 246 g/mol. The second-order valence-electron chi connectivity index (χ2n) is 4.69. The fraction of sp³-hybridized carbons (Fsp3) is 0.714. The van der Waals surface area contributed by atoms with Crippen LogP contribution >= 0.6 is 11.3 Å². The molecule has 2 heterocycles. The van der Waals surface area contributed by atoms with E-state index in [2.05, 4.69) is 24.4 Å². The van der Waals surface area contributed by atoms with Gasteiger partial charge in [-0.15, -0.1) is 11.3 Å². The Kier molecular flexibility index (Phi) is 5.63. The molecule has 0 spiro atoms. The SMILES string of the molecule is CCc1ccc(C2OCCC2CNCCOC)s1. The predicted molar refractivity (Wildman–Crippen MR) is 75.2 cm³/mol. The molecule has 1 N–H and O–H groups in total. The first kappa shape index (κ1) is 14.0. The molecular formula is C14H23NO2S. The molecule has 1 fully saturated rings. The summed E-state index contributed by atoms with van der Waals surface area (Å²) in [6.45, 7) is 5.81. The molecule has 0 aliphatic carbocycles. The molecule has 1 aliphatic rings. The molecule has 102 valence electrons. The average molecular weight is 269 g/mol. The van der Waals surface area contributed by atoms with Crippen LogP contribution in [0, 0.1) is 5.92 Å². The van der Waals surface area contributed by atoms with Gasteiger partial charge in [0.05, 0.1) is 12.7 Å². The number of ether oxygens (including phenoxy) is 2. The standard InChI is InChI=1S/C14H23NO2S/c1-3-12-4-5-13(18-12)14-11(6-8-17-14)10-15-7-9-16-2/h4-5,11,14-15H,3,6-10H2,1-2H3. The molecule has 0 radical (unpaired) electrons. The molecule has 0 amide bonds. The maximum absolute atomic E-state index is 5.91. The van der Waals surface area contributed by atoms with Gasteiger partial charge in [-0.05, 0) is 25.0 Å².